The minimum absolute atomic E-state index is 0.00972. The number of ether oxygens (including phenoxy) is 1. The smallest absolute Gasteiger partial charge is 0.267 e. The fourth-order valence-corrected chi connectivity index (χ4v) is 3.97. The topological polar surface area (TPSA) is 93.8 Å². The quantitative estimate of drug-likeness (QED) is 0.153. The molecule has 0 aliphatic heterocycles. The molecule has 1 unspecified atom stereocenters. The van der Waals surface area contributed by atoms with Gasteiger partial charge in [-0.05, 0) is 6.42 Å². The first-order chi connectivity index (χ1) is 14.1. The van der Waals surface area contributed by atoms with E-state index in [1.165, 1.54) is 96.3 Å². The Balaban J connectivity index is 3.13. The van der Waals surface area contributed by atoms with Crippen LogP contribution >= 0.6 is 7.82 Å². The highest BCUT2D eigenvalue weighted by Crippen LogP contribution is 2.37. The molecule has 0 fully saturated rings. The van der Waals surface area contributed by atoms with E-state index in [-0.39, 0.29) is 26.4 Å². The summed E-state index contributed by atoms with van der Waals surface area (Å²) in [4.78, 5) is 11.3. The SMILES string of the molecule is CCCCCCCCCCCCCCCCCCOCCOP(=O)([O-])OCCN. The van der Waals surface area contributed by atoms with Crippen molar-refractivity contribution in [2.75, 3.05) is 33.0 Å². The number of phosphoric ester groups is 1. The minimum Gasteiger partial charge on any atom is -0.756 e. The Morgan fingerprint density at radius 2 is 1.03 bits per heavy atom. The molecule has 0 aromatic heterocycles. The van der Waals surface area contributed by atoms with Gasteiger partial charge in [0, 0.05) is 13.2 Å². The van der Waals surface area contributed by atoms with Crippen molar-refractivity contribution < 1.29 is 23.2 Å². The van der Waals surface area contributed by atoms with E-state index in [9.17, 15) is 9.46 Å². The second kappa shape index (κ2) is 22.7. The highest BCUT2D eigenvalue weighted by molar-refractivity contribution is 7.45. The number of unbranched alkanes of at least 4 members (excludes halogenated alkanes) is 15. The molecule has 1 atom stereocenters. The average molecular weight is 437 g/mol. The molecule has 0 saturated carbocycles. The maximum absolute atomic E-state index is 11.3. The summed E-state index contributed by atoms with van der Waals surface area (Å²) >= 11 is 0. The first-order valence-corrected chi connectivity index (χ1v) is 13.5. The van der Waals surface area contributed by atoms with Crippen LogP contribution in [0, 0.1) is 0 Å². The van der Waals surface area contributed by atoms with Gasteiger partial charge in [-0.1, -0.05) is 103 Å². The average Bonchev–Trinajstić information content (AvgIpc) is 2.71. The molecule has 0 saturated heterocycles. The molecule has 29 heavy (non-hydrogen) atoms. The first kappa shape index (κ1) is 29.0. The van der Waals surface area contributed by atoms with Gasteiger partial charge in [-0.15, -0.1) is 0 Å². The molecule has 0 rings (SSSR count). The molecule has 0 amide bonds. The van der Waals surface area contributed by atoms with Crippen molar-refractivity contribution in [3.63, 3.8) is 0 Å². The van der Waals surface area contributed by atoms with Crippen LogP contribution in [0.25, 0.3) is 0 Å². The minimum atomic E-state index is -4.21. The van der Waals surface area contributed by atoms with Gasteiger partial charge in [0.05, 0.1) is 19.8 Å². The fraction of sp³-hybridized carbons (Fsp3) is 1.00. The predicted octanol–water partition coefficient (Wildman–Crippen LogP) is 5.72. The summed E-state index contributed by atoms with van der Waals surface area (Å²) in [5.41, 5.74) is 5.18. The van der Waals surface area contributed by atoms with Gasteiger partial charge in [0.1, 0.15) is 0 Å². The number of rotatable bonds is 24. The maximum Gasteiger partial charge on any atom is 0.267 e. The van der Waals surface area contributed by atoms with E-state index < -0.39 is 7.82 Å². The summed E-state index contributed by atoms with van der Waals surface area (Å²) < 4.78 is 25.8. The maximum atomic E-state index is 11.3. The van der Waals surface area contributed by atoms with Crippen LogP contribution in [-0.2, 0) is 18.3 Å². The molecule has 7 heteroatoms. The fourth-order valence-electron chi connectivity index (χ4n) is 3.26. The summed E-state index contributed by atoms with van der Waals surface area (Å²) in [6.07, 6.45) is 21.5. The molecule has 0 aliphatic rings. The van der Waals surface area contributed by atoms with Crippen molar-refractivity contribution in [1.29, 1.82) is 0 Å². The molecule has 0 aromatic carbocycles. The lowest BCUT2D eigenvalue weighted by molar-refractivity contribution is -0.226. The predicted molar refractivity (Wildman–Crippen MR) is 119 cm³/mol. The monoisotopic (exact) mass is 436 g/mol. The lowest BCUT2D eigenvalue weighted by Gasteiger charge is -2.22. The van der Waals surface area contributed by atoms with Crippen molar-refractivity contribution in [1.82, 2.24) is 0 Å². The third kappa shape index (κ3) is 24.2. The van der Waals surface area contributed by atoms with Gasteiger partial charge in [0.15, 0.2) is 0 Å². The van der Waals surface area contributed by atoms with E-state index >= 15 is 0 Å². The summed E-state index contributed by atoms with van der Waals surface area (Å²) in [5, 5.41) is 0. The summed E-state index contributed by atoms with van der Waals surface area (Å²) in [7, 11) is -4.21. The van der Waals surface area contributed by atoms with Gasteiger partial charge in [-0.3, -0.25) is 4.57 Å². The van der Waals surface area contributed by atoms with Crippen molar-refractivity contribution in [3.8, 4) is 0 Å². The highest BCUT2D eigenvalue weighted by Gasteiger charge is 2.07. The van der Waals surface area contributed by atoms with Crippen molar-refractivity contribution in [3.05, 3.63) is 0 Å². The third-order valence-electron chi connectivity index (χ3n) is 4.99. The van der Waals surface area contributed by atoms with Gasteiger partial charge in [-0.2, -0.15) is 0 Å². The second-order valence-electron chi connectivity index (χ2n) is 7.82. The Kier molecular flexibility index (Phi) is 22.7. The van der Waals surface area contributed by atoms with Crippen LogP contribution in [0.1, 0.15) is 110 Å². The zero-order valence-corrected chi connectivity index (χ0v) is 19.8. The van der Waals surface area contributed by atoms with Crippen LogP contribution in [0.4, 0.5) is 0 Å². The summed E-state index contributed by atoms with van der Waals surface area (Å²) in [6, 6.07) is 0. The Morgan fingerprint density at radius 1 is 0.621 bits per heavy atom. The zero-order valence-electron chi connectivity index (χ0n) is 18.9. The first-order valence-electron chi connectivity index (χ1n) is 12.0. The van der Waals surface area contributed by atoms with Crippen LogP contribution in [0.2, 0.25) is 0 Å². The summed E-state index contributed by atoms with van der Waals surface area (Å²) in [5.74, 6) is 0. The van der Waals surface area contributed by atoms with E-state index in [2.05, 4.69) is 16.0 Å². The van der Waals surface area contributed by atoms with E-state index in [1.54, 1.807) is 0 Å². The Hall–Kier alpha value is 0.0300. The Bertz CT molecular complexity index is 371. The molecule has 6 nitrogen and oxygen atoms in total. The molecule has 0 heterocycles. The summed E-state index contributed by atoms with van der Waals surface area (Å²) in [6.45, 7) is 3.26. The highest BCUT2D eigenvalue weighted by atomic mass is 31.2. The van der Waals surface area contributed by atoms with Crippen LogP contribution in [0.5, 0.6) is 0 Å². The van der Waals surface area contributed by atoms with Crippen LogP contribution in [0.15, 0.2) is 0 Å². The van der Waals surface area contributed by atoms with Crippen molar-refractivity contribution in [2.45, 2.75) is 110 Å². The van der Waals surface area contributed by atoms with Gasteiger partial charge in [-0.25, -0.2) is 0 Å². The van der Waals surface area contributed by atoms with E-state index in [0.29, 0.717) is 6.61 Å². The number of phosphoric acid groups is 1. The van der Waals surface area contributed by atoms with Gasteiger partial charge < -0.3 is 24.4 Å². The largest absolute Gasteiger partial charge is 0.756 e. The molecule has 0 aromatic rings. The van der Waals surface area contributed by atoms with Crippen LogP contribution < -0.4 is 10.6 Å². The molecule has 0 aliphatic carbocycles. The number of hydrogen-bond acceptors (Lipinski definition) is 6. The number of hydrogen-bond donors (Lipinski definition) is 1. The lowest BCUT2D eigenvalue weighted by Crippen LogP contribution is -2.15. The molecule has 0 radical (unpaired) electrons. The molecule has 176 valence electrons. The lowest BCUT2D eigenvalue weighted by atomic mass is 10.0. The van der Waals surface area contributed by atoms with Gasteiger partial charge in [0.25, 0.3) is 7.82 Å². The standard InChI is InChI=1S/C22H48NO5P/c1-2-3-4-5-6-7-8-9-10-11-12-13-14-15-16-17-19-26-21-22-28-29(24,25)27-20-18-23/h2-23H2,1H3,(H,24,25)/p-1. The normalized spacial score (nSPS) is 13.6. The molecular weight excluding hydrogens is 389 g/mol. The van der Waals surface area contributed by atoms with E-state index in [4.69, 9.17) is 10.5 Å². The van der Waals surface area contributed by atoms with Crippen molar-refractivity contribution >= 4 is 7.82 Å². The van der Waals surface area contributed by atoms with Crippen LogP contribution in [0.3, 0.4) is 0 Å². The zero-order chi connectivity index (χ0) is 21.5. The molecule has 2 N–H and O–H groups in total. The molecular formula is C22H47NO5P-. The van der Waals surface area contributed by atoms with Gasteiger partial charge >= 0.3 is 0 Å². The van der Waals surface area contributed by atoms with Gasteiger partial charge in [0.2, 0.25) is 0 Å². The molecule has 0 bridgehead atoms. The third-order valence-corrected chi connectivity index (χ3v) is 5.98. The van der Waals surface area contributed by atoms with Crippen LogP contribution in [-0.4, -0.2) is 33.0 Å². The Labute approximate surface area is 179 Å². The van der Waals surface area contributed by atoms with E-state index in [0.717, 1.165) is 6.42 Å². The Morgan fingerprint density at radius 3 is 1.48 bits per heavy atom. The molecule has 0 spiro atoms. The van der Waals surface area contributed by atoms with E-state index in [1.807, 2.05) is 0 Å². The van der Waals surface area contributed by atoms with Crippen molar-refractivity contribution in [2.24, 2.45) is 5.73 Å². The number of nitrogens with two attached hydrogens (primary N) is 1. The second-order valence-corrected chi connectivity index (χ2v) is 9.23.